The Labute approximate surface area is 208 Å². The van der Waals surface area contributed by atoms with Crippen molar-refractivity contribution in [3.8, 4) is 34.7 Å². The Morgan fingerprint density at radius 1 is 1.05 bits per heavy atom. The molecule has 0 radical (unpaired) electrons. The summed E-state index contributed by atoms with van der Waals surface area (Å²) in [6, 6.07) is 16.8. The van der Waals surface area contributed by atoms with Crippen molar-refractivity contribution in [3.05, 3.63) is 105 Å². The third kappa shape index (κ3) is 5.02. The molecule has 186 valence electrons. The minimum Gasteiger partial charge on any atom is -0.473 e. The predicted octanol–water partition coefficient (Wildman–Crippen LogP) is 5.87. The molecule has 2 heterocycles. The number of aromatic nitrogens is 2. The highest BCUT2D eigenvalue weighted by molar-refractivity contribution is 5.66. The zero-order valence-corrected chi connectivity index (χ0v) is 19.1. The van der Waals surface area contributed by atoms with Gasteiger partial charge in [0.2, 0.25) is 5.88 Å². The Bertz CT molecular complexity index is 1610. The van der Waals surface area contributed by atoms with Gasteiger partial charge in [0.15, 0.2) is 0 Å². The van der Waals surface area contributed by atoms with Crippen molar-refractivity contribution < 1.29 is 27.0 Å². The molecule has 0 N–H and O–H groups in total. The summed E-state index contributed by atoms with van der Waals surface area (Å²) in [5.41, 5.74) is 1.35. The highest BCUT2D eigenvalue weighted by atomic mass is 19.4. The van der Waals surface area contributed by atoms with Gasteiger partial charge in [-0.25, -0.2) is 9.18 Å². The molecule has 0 fully saturated rings. The van der Waals surface area contributed by atoms with Gasteiger partial charge in [0, 0.05) is 18.2 Å². The molecule has 0 spiro atoms. The van der Waals surface area contributed by atoms with Gasteiger partial charge < -0.3 is 9.47 Å². The summed E-state index contributed by atoms with van der Waals surface area (Å²) in [4.78, 5) is 16.5. The first kappa shape index (κ1) is 24.1. The Morgan fingerprint density at radius 2 is 1.89 bits per heavy atom. The predicted molar refractivity (Wildman–Crippen MR) is 125 cm³/mol. The fourth-order valence-corrected chi connectivity index (χ4v) is 4.11. The van der Waals surface area contributed by atoms with Gasteiger partial charge in [-0.3, -0.25) is 4.57 Å². The molecule has 1 aliphatic rings. The van der Waals surface area contributed by atoms with Gasteiger partial charge in [-0.2, -0.15) is 23.4 Å². The van der Waals surface area contributed by atoms with Crippen molar-refractivity contribution in [2.24, 2.45) is 0 Å². The molecule has 1 aliphatic heterocycles. The number of nitrogens with zero attached hydrogens (tertiary/aromatic N) is 3. The van der Waals surface area contributed by atoms with E-state index < -0.39 is 17.4 Å². The second kappa shape index (κ2) is 9.43. The largest absolute Gasteiger partial charge is 0.473 e. The fraction of sp³-hybridized carbons (Fsp3) is 0.148. The molecule has 0 saturated heterocycles. The van der Waals surface area contributed by atoms with Crippen LogP contribution in [0.5, 0.6) is 17.4 Å². The van der Waals surface area contributed by atoms with E-state index in [1.54, 1.807) is 18.2 Å². The van der Waals surface area contributed by atoms with E-state index in [4.69, 9.17) is 9.47 Å². The van der Waals surface area contributed by atoms with Gasteiger partial charge in [0.05, 0.1) is 16.8 Å². The number of aryl methyl sites for hydroxylation is 1. The van der Waals surface area contributed by atoms with Gasteiger partial charge >= 0.3 is 11.9 Å². The Balaban J connectivity index is 1.35. The zero-order valence-electron chi connectivity index (χ0n) is 19.1. The number of hydrogen-bond acceptors (Lipinski definition) is 5. The number of ether oxygens (including phenoxy) is 2. The van der Waals surface area contributed by atoms with Crippen LogP contribution < -0.4 is 15.2 Å². The van der Waals surface area contributed by atoms with Crippen LogP contribution in [0.4, 0.5) is 17.6 Å². The molecule has 5 rings (SSSR count). The van der Waals surface area contributed by atoms with Crippen molar-refractivity contribution in [2.75, 3.05) is 0 Å². The van der Waals surface area contributed by atoms with Crippen molar-refractivity contribution in [1.29, 1.82) is 5.26 Å². The first-order valence-electron chi connectivity index (χ1n) is 11.1. The topological polar surface area (TPSA) is 77.1 Å². The minimum absolute atomic E-state index is 0.0370. The monoisotopic (exact) mass is 507 g/mol. The second-order valence-corrected chi connectivity index (χ2v) is 8.32. The van der Waals surface area contributed by atoms with E-state index in [0.717, 1.165) is 23.3 Å². The third-order valence-electron chi connectivity index (χ3n) is 5.88. The van der Waals surface area contributed by atoms with Gasteiger partial charge in [0.1, 0.15) is 30.0 Å². The van der Waals surface area contributed by atoms with Crippen LogP contribution in [0.15, 0.2) is 71.5 Å². The molecule has 0 bridgehead atoms. The average Bonchev–Trinajstić information content (AvgIpc) is 2.87. The lowest BCUT2D eigenvalue weighted by molar-refractivity contribution is -0.137. The minimum atomic E-state index is -4.52. The molecule has 3 aromatic carbocycles. The molecule has 10 heteroatoms. The maximum absolute atomic E-state index is 13.6. The van der Waals surface area contributed by atoms with Crippen LogP contribution in [-0.4, -0.2) is 9.55 Å². The molecule has 0 atom stereocenters. The number of hydrogen-bond donors (Lipinski definition) is 0. The molecular formula is C27H17F4N3O3. The molecule has 4 aromatic rings. The van der Waals surface area contributed by atoms with Crippen molar-refractivity contribution in [1.82, 2.24) is 9.55 Å². The standard InChI is InChI=1S/C27H17F4N3O3/c28-20-5-6-22-17(11-20)8-9-34-23(22)13-25(33-26(34)35)36-15-16-4-7-24(18(10-16)14-32)37-21-3-1-2-19(12-21)27(29,30)31/h1-7,10-13H,8-9,15H2. The molecule has 37 heavy (non-hydrogen) atoms. The number of alkyl halides is 3. The van der Waals surface area contributed by atoms with Crippen LogP contribution in [0.3, 0.4) is 0 Å². The Morgan fingerprint density at radius 3 is 2.68 bits per heavy atom. The van der Waals surface area contributed by atoms with Gasteiger partial charge in [-0.05, 0) is 66.1 Å². The van der Waals surface area contributed by atoms with E-state index in [-0.39, 0.29) is 35.4 Å². The average molecular weight is 507 g/mol. The van der Waals surface area contributed by atoms with Crippen LogP contribution in [-0.2, 0) is 25.7 Å². The highest BCUT2D eigenvalue weighted by Crippen LogP contribution is 2.34. The molecule has 0 saturated carbocycles. The smallest absolute Gasteiger partial charge is 0.416 e. The molecule has 0 aliphatic carbocycles. The number of rotatable bonds is 5. The van der Waals surface area contributed by atoms with Gasteiger partial charge in [0.25, 0.3) is 0 Å². The molecule has 0 unspecified atom stereocenters. The lowest BCUT2D eigenvalue weighted by atomic mass is 9.98. The van der Waals surface area contributed by atoms with E-state index in [2.05, 4.69) is 4.98 Å². The Hall–Kier alpha value is -4.65. The number of benzene rings is 3. The molecule has 1 aromatic heterocycles. The first-order chi connectivity index (χ1) is 17.7. The summed E-state index contributed by atoms with van der Waals surface area (Å²) >= 11 is 0. The third-order valence-corrected chi connectivity index (χ3v) is 5.88. The van der Waals surface area contributed by atoms with Gasteiger partial charge in [-0.15, -0.1) is 0 Å². The van der Waals surface area contributed by atoms with E-state index in [9.17, 15) is 27.6 Å². The maximum Gasteiger partial charge on any atom is 0.416 e. The Kier molecular flexibility index (Phi) is 6.13. The quantitative estimate of drug-likeness (QED) is 0.316. The molecular weight excluding hydrogens is 490 g/mol. The summed E-state index contributed by atoms with van der Waals surface area (Å²) in [6.45, 7) is 0.335. The van der Waals surface area contributed by atoms with E-state index in [0.29, 0.717) is 24.2 Å². The second-order valence-electron chi connectivity index (χ2n) is 8.32. The summed E-state index contributed by atoms with van der Waals surface area (Å²) in [6.07, 6.45) is -4.02. The van der Waals surface area contributed by atoms with E-state index >= 15 is 0 Å². The van der Waals surface area contributed by atoms with Crippen molar-refractivity contribution in [2.45, 2.75) is 25.7 Å². The normalized spacial score (nSPS) is 12.3. The summed E-state index contributed by atoms with van der Waals surface area (Å²) in [7, 11) is 0. The van der Waals surface area contributed by atoms with Crippen LogP contribution in [0.2, 0.25) is 0 Å². The van der Waals surface area contributed by atoms with Crippen LogP contribution in [0.25, 0.3) is 11.3 Å². The van der Waals surface area contributed by atoms with Crippen LogP contribution in [0, 0.1) is 17.1 Å². The zero-order chi connectivity index (χ0) is 26.2. The summed E-state index contributed by atoms with van der Waals surface area (Å²) < 4.78 is 65.3. The molecule has 0 amide bonds. The van der Waals surface area contributed by atoms with Gasteiger partial charge in [-0.1, -0.05) is 12.1 Å². The first-order valence-corrected chi connectivity index (χ1v) is 11.1. The lowest BCUT2D eigenvalue weighted by Crippen LogP contribution is -2.28. The number of halogens is 4. The fourth-order valence-electron chi connectivity index (χ4n) is 4.11. The van der Waals surface area contributed by atoms with Crippen molar-refractivity contribution >= 4 is 0 Å². The van der Waals surface area contributed by atoms with E-state index in [1.165, 1.54) is 41.0 Å². The highest BCUT2D eigenvalue weighted by Gasteiger charge is 2.30. The van der Waals surface area contributed by atoms with E-state index in [1.807, 2.05) is 6.07 Å². The van der Waals surface area contributed by atoms with Crippen LogP contribution >= 0.6 is 0 Å². The lowest BCUT2D eigenvalue weighted by Gasteiger charge is -2.21. The number of fused-ring (bicyclic) bond motifs is 3. The maximum atomic E-state index is 13.6. The SMILES string of the molecule is N#Cc1cc(COc2cc3n(c(=O)n2)CCc2cc(F)ccc2-3)ccc1Oc1cccc(C(F)(F)F)c1. The molecule has 6 nitrogen and oxygen atoms in total. The summed E-state index contributed by atoms with van der Waals surface area (Å²) in [5, 5.41) is 9.54. The van der Waals surface area contributed by atoms with Crippen molar-refractivity contribution in [3.63, 3.8) is 0 Å². The summed E-state index contributed by atoms with van der Waals surface area (Å²) in [5.74, 6) is -0.265. The van der Waals surface area contributed by atoms with Crippen LogP contribution in [0.1, 0.15) is 22.3 Å². The number of nitriles is 1.